The number of ether oxygens (including phenoxy) is 1. The molecule has 3 unspecified atom stereocenters. The minimum atomic E-state index is -0.865. The summed E-state index contributed by atoms with van der Waals surface area (Å²) in [6.07, 6.45) is 1.03. The van der Waals surface area contributed by atoms with Gasteiger partial charge in [0.1, 0.15) is 11.8 Å². The van der Waals surface area contributed by atoms with Gasteiger partial charge in [-0.15, -0.1) is 0 Å². The molecule has 0 saturated carbocycles. The number of carbonyl (C=O) groups is 2. The molecule has 1 heterocycles. The van der Waals surface area contributed by atoms with Crippen molar-refractivity contribution in [3.05, 3.63) is 64.2 Å². The minimum absolute atomic E-state index is 0.0171. The van der Waals surface area contributed by atoms with Crippen LogP contribution in [0, 0.1) is 0 Å². The molecule has 9 heteroatoms. The van der Waals surface area contributed by atoms with Gasteiger partial charge in [0.15, 0.2) is 0 Å². The Morgan fingerprint density at radius 2 is 1.97 bits per heavy atom. The minimum Gasteiger partial charge on any atom is -0.492 e. The van der Waals surface area contributed by atoms with Crippen LogP contribution in [-0.4, -0.2) is 42.8 Å². The fourth-order valence-electron chi connectivity index (χ4n) is 3.49. The van der Waals surface area contributed by atoms with Gasteiger partial charge in [-0.3, -0.25) is 9.59 Å². The van der Waals surface area contributed by atoms with Crippen molar-refractivity contribution in [3.8, 4) is 5.75 Å². The normalized spacial score (nSPS) is 17.2. The van der Waals surface area contributed by atoms with Crippen LogP contribution >= 0.6 is 24.2 Å². The Kier molecular flexibility index (Phi) is 8.20. The van der Waals surface area contributed by atoms with Crippen molar-refractivity contribution >= 4 is 36.0 Å². The highest BCUT2D eigenvalue weighted by Gasteiger charge is 2.28. The first-order valence-electron chi connectivity index (χ1n) is 10.1. The van der Waals surface area contributed by atoms with Gasteiger partial charge in [-0.05, 0) is 23.8 Å². The van der Waals surface area contributed by atoms with Gasteiger partial charge in [-0.2, -0.15) is 12.6 Å². The molecule has 2 aromatic carbocycles. The lowest BCUT2D eigenvalue weighted by molar-refractivity contribution is -0.119. The number of para-hydroxylation sites is 1. The fourth-order valence-corrected chi connectivity index (χ4v) is 3.74. The lowest BCUT2D eigenvalue weighted by atomic mass is 9.96. The van der Waals surface area contributed by atoms with Gasteiger partial charge >= 0.3 is 0 Å². The van der Waals surface area contributed by atoms with Gasteiger partial charge in [-0.25, -0.2) is 0 Å². The molecule has 1 aliphatic rings. The molecule has 0 saturated heterocycles. The predicted octanol–water partition coefficient (Wildman–Crippen LogP) is 1.84. The zero-order chi connectivity index (χ0) is 22.4. The predicted molar refractivity (Wildman–Crippen MR) is 125 cm³/mol. The number of hydrogen-bond acceptors (Lipinski definition) is 6. The van der Waals surface area contributed by atoms with E-state index in [0.717, 1.165) is 17.5 Å². The van der Waals surface area contributed by atoms with Crippen molar-refractivity contribution in [1.29, 1.82) is 0 Å². The molecule has 1 aliphatic heterocycles. The SMILES string of the molecule is NC(=O)C(Cc1ccc(Cl)cc1)NC(=O)c1cccc2c1OCCC2NCC(N)CS. The van der Waals surface area contributed by atoms with Crippen molar-refractivity contribution in [1.82, 2.24) is 10.6 Å². The summed E-state index contributed by atoms with van der Waals surface area (Å²) in [6, 6.07) is 11.5. The molecule has 0 fully saturated rings. The van der Waals surface area contributed by atoms with Crippen LogP contribution in [0.2, 0.25) is 5.02 Å². The summed E-state index contributed by atoms with van der Waals surface area (Å²) in [5, 5.41) is 6.76. The Hall–Kier alpha value is -2.26. The van der Waals surface area contributed by atoms with Gasteiger partial charge in [0.05, 0.1) is 12.2 Å². The molecule has 0 spiro atoms. The molecule has 2 amide bonds. The quantitative estimate of drug-likeness (QED) is 0.364. The lowest BCUT2D eigenvalue weighted by Crippen LogP contribution is -2.46. The Morgan fingerprint density at radius 3 is 2.65 bits per heavy atom. The third kappa shape index (κ3) is 6.13. The largest absolute Gasteiger partial charge is 0.492 e. The number of thiol groups is 1. The van der Waals surface area contributed by atoms with E-state index in [1.54, 1.807) is 36.4 Å². The van der Waals surface area contributed by atoms with Gasteiger partial charge in [0, 0.05) is 47.8 Å². The maximum absolute atomic E-state index is 13.0. The summed E-state index contributed by atoms with van der Waals surface area (Å²) in [5.41, 5.74) is 13.6. The van der Waals surface area contributed by atoms with E-state index in [1.807, 2.05) is 6.07 Å². The molecule has 0 aromatic heterocycles. The smallest absolute Gasteiger partial charge is 0.255 e. The van der Waals surface area contributed by atoms with Crippen LogP contribution in [0.4, 0.5) is 0 Å². The van der Waals surface area contributed by atoms with E-state index < -0.39 is 17.9 Å². The van der Waals surface area contributed by atoms with Crippen LogP contribution in [-0.2, 0) is 11.2 Å². The van der Waals surface area contributed by atoms with Crippen molar-refractivity contribution in [3.63, 3.8) is 0 Å². The summed E-state index contributed by atoms with van der Waals surface area (Å²) in [6.45, 7) is 1.07. The van der Waals surface area contributed by atoms with Gasteiger partial charge < -0.3 is 26.8 Å². The maximum Gasteiger partial charge on any atom is 0.255 e. The molecule has 0 aliphatic carbocycles. The summed E-state index contributed by atoms with van der Waals surface area (Å²) >= 11 is 10.1. The van der Waals surface area contributed by atoms with Crippen LogP contribution in [0.25, 0.3) is 0 Å². The first-order chi connectivity index (χ1) is 14.9. The number of amides is 2. The first kappa shape index (κ1) is 23.4. The first-order valence-corrected chi connectivity index (χ1v) is 11.1. The summed E-state index contributed by atoms with van der Waals surface area (Å²) in [7, 11) is 0. The second-order valence-electron chi connectivity index (χ2n) is 7.52. The number of rotatable bonds is 9. The van der Waals surface area contributed by atoms with Crippen LogP contribution in [0.5, 0.6) is 5.75 Å². The van der Waals surface area contributed by atoms with Crippen molar-refractivity contribution in [2.75, 3.05) is 18.9 Å². The fraction of sp³-hybridized carbons (Fsp3) is 0.364. The zero-order valence-electron chi connectivity index (χ0n) is 17.0. The summed E-state index contributed by atoms with van der Waals surface area (Å²) in [5.74, 6) is 0.0581. The number of halogens is 1. The highest BCUT2D eigenvalue weighted by molar-refractivity contribution is 7.80. The molecule has 166 valence electrons. The highest BCUT2D eigenvalue weighted by Crippen LogP contribution is 2.35. The number of nitrogens with one attached hydrogen (secondary N) is 2. The second-order valence-corrected chi connectivity index (χ2v) is 8.33. The van der Waals surface area contributed by atoms with E-state index in [-0.39, 0.29) is 18.5 Å². The molecule has 7 nitrogen and oxygen atoms in total. The number of fused-ring (bicyclic) bond motifs is 1. The van der Waals surface area contributed by atoms with Crippen LogP contribution in [0.1, 0.15) is 33.9 Å². The van der Waals surface area contributed by atoms with E-state index in [1.165, 1.54) is 0 Å². The Labute approximate surface area is 192 Å². The molecular weight excluding hydrogens is 436 g/mol. The Bertz CT molecular complexity index is 925. The zero-order valence-corrected chi connectivity index (χ0v) is 18.7. The van der Waals surface area contributed by atoms with Gasteiger partial charge in [-0.1, -0.05) is 35.9 Å². The molecule has 0 radical (unpaired) electrons. The number of primary amides is 1. The van der Waals surface area contributed by atoms with E-state index in [4.69, 9.17) is 27.8 Å². The molecular formula is C22H27ClN4O3S. The topological polar surface area (TPSA) is 119 Å². The van der Waals surface area contributed by atoms with E-state index in [2.05, 4.69) is 23.3 Å². The molecule has 31 heavy (non-hydrogen) atoms. The summed E-state index contributed by atoms with van der Waals surface area (Å²) < 4.78 is 5.83. The standard InChI is InChI=1S/C22H27ClN4O3S/c23-14-6-4-13(5-7-14)10-19(21(25)28)27-22(29)17-3-1-2-16-18(8-9-30-20(16)17)26-11-15(24)12-31/h1-7,15,18-19,26,31H,8-12,24H2,(H2,25,28)(H,27,29). The second kappa shape index (κ2) is 10.9. The van der Waals surface area contributed by atoms with Crippen molar-refractivity contribution in [2.45, 2.75) is 31.0 Å². The monoisotopic (exact) mass is 462 g/mol. The number of nitrogens with two attached hydrogens (primary N) is 2. The lowest BCUT2D eigenvalue weighted by Gasteiger charge is -2.29. The van der Waals surface area contributed by atoms with Crippen LogP contribution in [0.3, 0.4) is 0 Å². The Balaban J connectivity index is 1.76. The number of hydrogen-bond donors (Lipinski definition) is 5. The molecule has 0 bridgehead atoms. The number of carbonyl (C=O) groups excluding carboxylic acids is 2. The molecule has 6 N–H and O–H groups in total. The van der Waals surface area contributed by atoms with E-state index >= 15 is 0 Å². The van der Waals surface area contributed by atoms with Crippen LogP contribution < -0.4 is 26.8 Å². The van der Waals surface area contributed by atoms with Gasteiger partial charge in [0.2, 0.25) is 5.91 Å². The number of benzene rings is 2. The summed E-state index contributed by atoms with van der Waals surface area (Å²) in [4.78, 5) is 25.0. The van der Waals surface area contributed by atoms with Crippen molar-refractivity contribution in [2.24, 2.45) is 11.5 Å². The maximum atomic E-state index is 13.0. The average molecular weight is 463 g/mol. The third-order valence-corrected chi connectivity index (χ3v) is 5.90. The van der Waals surface area contributed by atoms with Gasteiger partial charge in [0.25, 0.3) is 5.91 Å². The average Bonchev–Trinajstić information content (AvgIpc) is 2.77. The molecule has 2 aromatic rings. The van der Waals surface area contributed by atoms with E-state index in [9.17, 15) is 9.59 Å². The van der Waals surface area contributed by atoms with Crippen LogP contribution in [0.15, 0.2) is 42.5 Å². The molecule has 3 atom stereocenters. The third-order valence-electron chi connectivity index (χ3n) is 5.18. The highest BCUT2D eigenvalue weighted by atomic mass is 35.5. The molecule has 3 rings (SSSR count). The van der Waals surface area contributed by atoms with E-state index in [0.29, 0.717) is 35.2 Å². The Morgan fingerprint density at radius 1 is 1.23 bits per heavy atom. The van der Waals surface area contributed by atoms with Crippen molar-refractivity contribution < 1.29 is 14.3 Å².